The molecule has 1 amide bonds. The Balaban J connectivity index is 1.74. The van der Waals surface area contributed by atoms with Crippen LogP contribution in [-0.2, 0) is 4.79 Å². The number of hydrogen-bond donors (Lipinski definition) is 1. The van der Waals surface area contributed by atoms with Crippen LogP contribution in [-0.4, -0.2) is 44.1 Å². The van der Waals surface area contributed by atoms with Gasteiger partial charge in [0.05, 0.1) is 0 Å². The van der Waals surface area contributed by atoms with E-state index in [1.807, 2.05) is 36.2 Å². The molecule has 1 aliphatic rings. The summed E-state index contributed by atoms with van der Waals surface area (Å²) < 4.78 is 6.70. The number of nitrogens with one attached hydrogen (secondary N) is 1. The smallest absolute Gasteiger partial charge is 0.260 e. The minimum atomic E-state index is 0.0893. The fourth-order valence-electron chi connectivity index (χ4n) is 2.44. The van der Waals surface area contributed by atoms with Gasteiger partial charge in [-0.3, -0.25) is 4.79 Å². The molecule has 0 aliphatic carbocycles. The van der Waals surface area contributed by atoms with Gasteiger partial charge in [-0.25, -0.2) is 0 Å². The van der Waals surface area contributed by atoms with E-state index in [1.165, 1.54) is 0 Å². The van der Waals surface area contributed by atoms with Crippen molar-refractivity contribution in [2.75, 3.05) is 33.3 Å². The van der Waals surface area contributed by atoms with Crippen molar-refractivity contribution in [1.29, 1.82) is 0 Å². The van der Waals surface area contributed by atoms with Crippen LogP contribution in [0.1, 0.15) is 12.8 Å². The van der Waals surface area contributed by atoms with Gasteiger partial charge in [0.1, 0.15) is 5.75 Å². The van der Waals surface area contributed by atoms with Gasteiger partial charge in [-0.15, -0.1) is 0 Å². The predicted octanol–water partition coefficient (Wildman–Crippen LogP) is 2.13. The van der Waals surface area contributed by atoms with E-state index in [-0.39, 0.29) is 12.5 Å². The van der Waals surface area contributed by atoms with E-state index >= 15 is 0 Å². The molecule has 1 aliphatic heterocycles. The van der Waals surface area contributed by atoms with Crippen molar-refractivity contribution in [2.45, 2.75) is 12.8 Å². The lowest BCUT2D eigenvalue weighted by atomic mass is 9.97. The fourth-order valence-corrected chi connectivity index (χ4v) is 2.80. The van der Waals surface area contributed by atoms with Crippen LogP contribution in [0.5, 0.6) is 5.75 Å². The molecular weight excluding hydrogens is 367 g/mol. The summed E-state index contributed by atoms with van der Waals surface area (Å²) in [5.74, 6) is 1.54. The molecule has 0 unspecified atom stereocenters. The number of nitrogens with zero attached hydrogens (tertiary/aromatic N) is 1. The van der Waals surface area contributed by atoms with Crippen LogP contribution in [0.25, 0.3) is 0 Å². The van der Waals surface area contributed by atoms with Gasteiger partial charge >= 0.3 is 0 Å². The quantitative estimate of drug-likeness (QED) is 0.786. The van der Waals surface area contributed by atoms with Crippen LogP contribution >= 0.6 is 22.6 Å². The minimum Gasteiger partial charge on any atom is -0.484 e. The zero-order chi connectivity index (χ0) is 14.4. The second-order valence-electron chi connectivity index (χ2n) is 5.12. The van der Waals surface area contributed by atoms with Gasteiger partial charge in [0.15, 0.2) is 6.61 Å². The summed E-state index contributed by atoms with van der Waals surface area (Å²) in [5.41, 5.74) is 0. The Morgan fingerprint density at radius 2 is 2.00 bits per heavy atom. The van der Waals surface area contributed by atoms with Crippen LogP contribution in [0.3, 0.4) is 0 Å². The molecule has 0 aromatic heterocycles. The third-order valence-electron chi connectivity index (χ3n) is 3.64. The topological polar surface area (TPSA) is 41.6 Å². The number of carbonyl (C=O) groups is 1. The number of benzene rings is 1. The molecule has 1 fully saturated rings. The van der Waals surface area contributed by atoms with Crippen molar-refractivity contribution in [1.82, 2.24) is 10.2 Å². The monoisotopic (exact) mass is 388 g/mol. The lowest BCUT2D eigenvalue weighted by Gasteiger charge is -2.31. The first-order valence-electron chi connectivity index (χ1n) is 7.00. The van der Waals surface area contributed by atoms with E-state index in [1.54, 1.807) is 0 Å². The molecular formula is C15H21IN2O2. The highest BCUT2D eigenvalue weighted by Gasteiger charge is 2.22. The Kier molecular flexibility index (Phi) is 6.09. The summed E-state index contributed by atoms with van der Waals surface area (Å²) in [6.45, 7) is 2.88. The van der Waals surface area contributed by atoms with E-state index in [0.717, 1.165) is 41.8 Å². The average molecular weight is 388 g/mol. The van der Waals surface area contributed by atoms with Gasteiger partial charge in [0.25, 0.3) is 5.91 Å². The molecule has 1 heterocycles. The van der Waals surface area contributed by atoms with Crippen molar-refractivity contribution in [2.24, 2.45) is 5.92 Å². The molecule has 4 nitrogen and oxygen atoms in total. The number of hydrogen-bond acceptors (Lipinski definition) is 3. The van der Waals surface area contributed by atoms with E-state index in [2.05, 4.69) is 27.9 Å². The largest absolute Gasteiger partial charge is 0.484 e. The Bertz CT molecular complexity index is 428. The molecule has 0 radical (unpaired) electrons. The van der Waals surface area contributed by atoms with Gasteiger partial charge < -0.3 is 15.0 Å². The van der Waals surface area contributed by atoms with Gasteiger partial charge in [-0.2, -0.15) is 0 Å². The Labute approximate surface area is 134 Å². The normalized spacial score (nSPS) is 16.2. The third-order valence-corrected chi connectivity index (χ3v) is 4.36. The number of carbonyl (C=O) groups excluding carboxylic acids is 1. The highest BCUT2D eigenvalue weighted by atomic mass is 127. The summed E-state index contributed by atoms with van der Waals surface area (Å²) in [6.07, 6.45) is 2.16. The van der Waals surface area contributed by atoms with E-state index in [4.69, 9.17) is 4.74 Å². The maximum Gasteiger partial charge on any atom is 0.260 e. The zero-order valence-electron chi connectivity index (χ0n) is 11.8. The second-order valence-corrected chi connectivity index (χ2v) is 6.37. The molecule has 1 N–H and O–H groups in total. The molecule has 0 spiro atoms. The Morgan fingerprint density at radius 1 is 1.35 bits per heavy atom. The van der Waals surface area contributed by atoms with Gasteiger partial charge in [0.2, 0.25) is 0 Å². The molecule has 0 atom stereocenters. The number of rotatable bonds is 5. The van der Waals surface area contributed by atoms with Crippen molar-refractivity contribution in [3.63, 3.8) is 0 Å². The molecule has 2 rings (SSSR count). The molecule has 1 aromatic rings. The van der Waals surface area contributed by atoms with Crippen molar-refractivity contribution < 1.29 is 9.53 Å². The van der Waals surface area contributed by atoms with Crippen LogP contribution in [0.4, 0.5) is 0 Å². The highest BCUT2D eigenvalue weighted by Crippen LogP contribution is 2.17. The molecule has 0 bridgehead atoms. The molecule has 20 heavy (non-hydrogen) atoms. The summed E-state index contributed by atoms with van der Waals surface area (Å²) in [5, 5.41) is 3.20. The first-order chi connectivity index (χ1) is 9.69. The standard InChI is InChI=1S/C15H21IN2O2/c1-17-10-12-6-8-18(9-7-12)15(19)11-20-14-4-2-13(16)3-5-14/h2-5,12,17H,6-11H2,1H3. The first-order valence-corrected chi connectivity index (χ1v) is 8.07. The van der Waals surface area contributed by atoms with Crippen molar-refractivity contribution in [3.8, 4) is 5.75 Å². The number of piperidine rings is 1. The second kappa shape index (κ2) is 7.83. The molecule has 1 saturated heterocycles. The SMILES string of the molecule is CNCC1CCN(C(=O)COc2ccc(I)cc2)CC1. The van der Waals surface area contributed by atoms with Crippen molar-refractivity contribution >= 4 is 28.5 Å². The summed E-state index contributed by atoms with van der Waals surface area (Å²) in [6, 6.07) is 7.75. The zero-order valence-corrected chi connectivity index (χ0v) is 13.9. The maximum atomic E-state index is 12.1. The van der Waals surface area contributed by atoms with Crippen LogP contribution in [0.2, 0.25) is 0 Å². The first kappa shape index (κ1) is 15.6. The van der Waals surface area contributed by atoms with Crippen molar-refractivity contribution in [3.05, 3.63) is 27.8 Å². The Morgan fingerprint density at radius 3 is 2.60 bits per heavy atom. The number of likely N-dealkylation sites (tertiary alicyclic amines) is 1. The van der Waals surface area contributed by atoms with E-state index in [9.17, 15) is 4.79 Å². The van der Waals surface area contributed by atoms with E-state index in [0.29, 0.717) is 5.92 Å². The van der Waals surface area contributed by atoms with Crippen LogP contribution in [0, 0.1) is 9.49 Å². The number of halogens is 1. The number of amides is 1. The molecule has 5 heteroatoms. The molecule has 1 aromatic carbocycles. The van der Waals surface area contributed by atoms with Crippen LogP contribution in [0.15, 0.2) is 24.3 Å². The predicted molar refractivity (Wildman–Crippen MR) is 87.9 cm³/mol. The Hall–Kier alpha value is -0.820. The van der Waals surface area contributed by atoms with Gasteiger partial charge in [-0.1, -0.05) is 0 Å². The maximum absolute atomic E-state index is 12.1. The third kappa shape index (κ3) is 4.63. The average Bonchev–Trinajstić information content (AvgIpc) is 2.47. The van der Waals surface area contributed by atoms with Crippen LogP contribution < -0.4 is 10.1 Å². The minimum absolute atomic E-state index is 0.0893. The summed E-state index contributed by atoms with van der Waals surface area (Å²) >= 11 is 2.25. The summed E-state index contributed by atoms with van der Waals surface area (Å²) in [4.78, 5) is 14.0. The molecule has 110 valence electrons. The lowest BCUT2D eigenvalue weighted by molar-refractivity contribution is -0.134. The van der Waals surface area contributed by atoms with Gasteiger partial charge in [0, 0.05) is 16.7 Å². The molecule has 0 saturated carbocycles. The highest BCUT2D eigenvalue weighted by molar-refractivity contribution is 14.1. The lowest BCUT2D eigenvalue weighted by Crippen LogP contribution is -2.42. The van der Waals surface area contributed by atoms with E-state index < -0.39 is 0 Å². The van der Waals surface area contributed by atoms with Gasteiger partial charge in [-0.05, 0) is 79.2 Å². The summed E-state index contributed by atoms with van der Waals surface area (Å²) in [7, 11) is 1.98. The number of ether oxygens (including phenoxy) is 1. The fraction of sp³-hybridized carbons (Fsp3) is 0.533.